The third-order valence-corrected chi connectivity index (χ3v) is 5.55. The first kappa shape index (κ1) is 20.2. The monoisotopic (exact) mass is 403 g/mol. The van der Waals surface area contributed by atoms with Crippen molar-refractivity contribution >= 4 is 42.1 Å². The van der Waals surface area contributed by atoms with E-state index in [1.165, 1.54) is 18.5 Å². The Balaban J connectivity index is 0.00000113. The van der Waals surface area contributed by atoms with Crippen LogP contribution in [0.15, 0.2) is 17.8 Å². The van der Waals surface area contributed by atoms with Crippen LogP contribution in [0.3, 0.4) is 0 Å². The number of thiazole rings is 1. The molecule has 1 saturated carbocycles. The van der Waals surface area contributed by atoms with E-state index in [-0.39, 0.29) is 42.6 Å². The highest BCUT2D eigenvalue weighted by atomic mass is 35.5. The average Bonchev–Trinajstić information content (AvgIpc) is 2.96. The van der Waals surface area contributed by atoms with E-state index < -0.39 is 0 Å². The topological polar surface area (TPSA) is 71.8 Å². The maximum atomic E-state index is 12.6. The second-order valence-electron chi connectivity index (χ2n) is 6.48. The first-order valence-electron chi connectivity index (χ1n) is 8.12. The van der Waals surface area contributed by atoms with Crippen LogP contribution in [0.1, 0.15) is 40.9 Å². The number of nitrogens with one attached hydrogen (secondary N) is 2. The average molecular weight is 404 g/mol. The Morgan fingerprint density at radius 2 is 2.20 bits per heavy atom. The van der Waals surface area contributed by atoms with Gasteiger partial charge in [0.1, 0.15) is 5.01 Å². The Kier molecular flexibility index (Phi) is 6.85. The molecule has 2 aromatic rings. The second kappa shape index (κ2) is 8.49. The molecule has 0 radical (unpaired) electrons. The fourth-order valence-corrected chi connectivity index (χ4v) is 4.02. The van der Waals surface area contributed by atoms with E-state index in [1.807, 2.05) is 19.4 Å². The van der Waals surface area contributed by atoms with Crippen molar-refractivity contribution in [1.29, 1.82) is 0 Å². The van der Waals surface area contributed by atoms with Gasteiger partial charge in [0.05, 0.1) is 24.4 Å². The van der Waals surface area contributed by atoms with Gasteiger partial charge >= 0.3 is 0 Å². The van der Waals surface area contributed by atoms with Crippen LogP contribution in [0, 0.1) is 5.92 Å². The van der Waals surface area contributed by atoms with Crippen molar-refractivity contribution in [2.75, 3.05) is 13.1 Å². The third-order valence-electron chi connectivity index (χ3n) is 4.68. The van der Waals surface area contributed by atoms with Crippen LogP contribution >= 0.6 is 36.2 Å². The maximum Gasteiger partial charge on any atom is 0.225 e. The number of carbonyl (C=O) groups excluding carboxylic acids is 1. The van der Waals surface area contributed by atoms with Gasteiger partial charge in [-0.15, -0.1) is 36.2 Å². The number of hydrogen-bond acceptors (Lipinski definition) is 5. The van der Waals surface area contributed by atoms with Crippen molar-refractivity contribution in [1.82, 2.24) is 25.4 Å². The number of halogens is 2. The second-order valence-corrected chi connectivity index (χ2v) is 7.42. The van der Waals surface area contributed by atoms with Crippen LogP contribution in [0.25, 0.3) is 0 Å². The minimum Gasteiger partial charge on any atom is -0.349 e. The Morgan fingerprint density at radius 1 is 1.40 bits per heavy atom. The summed E-state index contributed by atoms with van der Waals surface area (Å²) >= 11 is 1.65. The molecule has 0 aromatic carbocycles. The fraction of sp³-hybridized carbons (Fsp3) is 0.562. The van der Waals surface area contributed by atoms with Crippen molar-refractivity contribution in [3.63, 3.8) is 0 Å². The molecule has 3 heterocycles. The van der Waals surface area contributed by atoms with Gasteiger partial charge in [-0.05, 0) is 18.4 Å². The van der Waals surface area contributed by atoms with Gasteiger partial charge in [0.25, 0.3) is 0 Å². The molecule has 6 nitrogen and oxygen atoms in total. The molecule has 1 saturated heterocycles. The lowest BCUT2D eigenvalue weighted by Gasteiger charge is -2.16. The minimum absolute atomic E-state index is 0. The number of hydrogen-bond donors (Lipinski definition) is 2. The van der Waals surface area contributed by atoms with Crippen LogP contribution in [-0.2, 0) is 18.4 Å². The van der Waals surface area contributed by atoms with E-state index in [4.69, 9.17) is 0 Å². The number of carbonyl (C=O) groups is 1. The molecule has 25 heavy (non-hydrogen) atoms. The number of amides is 1. The molecule has 1 aliphatic heterocycles. The quantitative estimate of drug-likeness (QED) is 0.802. The minimum atomic E-state index is -0.0398. The zero-order chi connectivity index (χ0) is 15.8. The molecule has 4 rings (SSSR count). The molecule has 1 aliphatic carbocycles. The van der Waals surface area contributed by atoms with Gasteiger partial charge < -0.3 is 10.6 Å². The van der Waals surface area contributed by atoms with Crippen molar-refractivity contribution < 1.29 is 4.79 Å². The zero-order valence-electron chi connectivity index (χ0n) is 14.0. The predicted molar refractivity (Wildman–Crippen MR) is 103 cm³/mol. The van der Waals surface area contributed by atoms with Crippen LogP contribution < -0.4 is 10.6 Å². The first-order valence-corrected chi connectivity index (χ1v) is 9.00. The highest BCUT2D eigenvalue weighted by Crippen LogP contribution is 2.40. The summed E-state index contributed by atoms with van der Waals surface area (Å²) in [6, 6.07) is 0. The molecule has 0 spiro atoms. The summed E-state index contributed by atoms with van der Waals surface area (Å²) in [5.41, 5.74) is 2.33. The SMILES string of the molecule is Cl.Cl.Cn1cc([C@H]2CNC[C@@H]2C(=O)NCc2nc(C3CC3)cs2)cn1. The van der Waals surface area contributed by atoms with E-state index >= 15 is 0 Å². The highest BCUT2D eigenvalue weighted by Gasteiger charge is 2.34. The van der Waals surface area contributed by atoms with Crippen LogP contribution in [0.2, 0.25) is 0 Å². The van der Waals surface area contributed by atoms with Gasteiger partial charge in [0, 0.05) is 43.5 Å². The Morgan fingerprint density at radius 3 is 2.88 bits per heavy atom. The normalized spacial score (nSPS) is 22.1. The lowest BCUT2D eigenvalue weighted by atomic mass is 9.90. The van der Waals surface area contributed by atoms with Gasteiger partial charge in [-0.1, -0.05) is 0 Å². The third kappa shape index (κ3) is 4.53. The van der Waals surface area contributed by atoms with Crippen LogP contribution in [0.5, 0.6) is 0 Å². The van der Waals surface area contributed by atoms with Gasteiger partial charge in [0.15, 0.2) is 0 Å². The summed E-state index contributed by atoms with van der Waals surface area (Å²) in [4.78, 5) is 17.2. The number of nitrogens with zero attached hydrogens (tertiary/aromatic N) is 3. The van der Waals surface area contributed by atoms with E-state index in [0.717, 1.165) is 23.7 Å². The summed E-state index contributed by atoms with van der Waals surface area (Å²) < 4.78 is 1.79. The van der Waals surface area contributed by atoms with Gasteiger partial charge in [-0.25, -0.2) is 4.98 Å². The standard InChI is InChI=1S/C16H21N5OS.2ClH/c1-21-8-11(4-19-21)12-5-17-6-13(12)16(22)18-7-15-20-14(9-23-15)10-2-3-10;;/h4,8-10,12-13,17H,2-3,5-7H2,1H3,(H,18,22);2*1H/t12-,13+;;/m1../s1. The molecular weight excluding hydrogens is 381 g/mol. The summed E-state index contributed by atoms with van der Waals surface area (Å²) in [6.07, 6.45) is 6.38. The Bertz CT molecular complexity index is 715. The lowest BCUT2D eigenvalue weighted by molar-refractivity contribution is -0.125. The van der Waals surface area contributed by atoms with Gasteiger partial charge in [-0.2, -0.15) is 5.10 Å². The van der Waals surface area contributed by atoms with E-state index in [9.17, 15) is 4.79 Å². The molecule has 138 valence electrons. The van der Waals surface area contributed by atoms with Crippen LogP contribution in [0.4, 0.5) is 0 Å². The number of aromatic nitrogens is 3. The molecule has 2 fully saturated rings. The maximum absolute atomic E-state index is 12.6. The molecule has 0 bridgehead atoms. The molecule has 2 atom stereocenters. The molecule has 9 heteroatoms. The highest BCUT2D eigenvalue weighted by molar-refractivity contribution is 7.09. The van der Waals surface area contributed by atoms with Crippen molar-refractivity contribution in [2.45, 2.75) is 31.2 Å². The Hall–Kier alpha value is -1.15. The first-order chi connectivity index (χ1) is 11.2. The van der Waals surface area contributed by atoms with E-state index in [2.05, 4.69) is 26.1 Å². The lowest BCUT2D eigenvalue weighted by Crippen LogP contribution is -2.33. The molecule has 2 aliphatic rings. The molecule has 1 amide bonds. The summed E-state index contributed by atoms with van der Waals surface area (Å²) in [7, 11) is 1.90. The molecule has 0 unspecified atom stereocenters. The number of rotatable bonds is 5. The molecular formula is C16H23Cl2N5OS. The summed E-state index contributed by atoms with van der Waals surface area (Å²) in [6.45, 7) is 2.08. The summed E-state index contributed by atoms with van der Waals surface area (Å²) in [5.74, 6) is 0.931. The van der Waals surface area contributed by atoms with Crippen molar-refractivity contribution in [3.05, 3.63) is 34.0 Å². The zero-order valence-corrected chi connectivity index (χ0v) is 16.4. The van der Waals surface area contributed by atoms with Gasteiger partial charge in [0.2, 0.25) is 5.91 Å². The molecule has 2 aromatic heterocycles. The number of aryl methyl sites for hydroxylation is 1. The summed E-state index contributed by atoms with van der Waals surface area (Å²) in [5, 5.41) is 13.7. The Labute approximate surface area is 163 Å². The van der Waals surface area contributed by atoms with Gasteiger partial charge in [-0.3, -0.25) is 9.48 Å². The van der Waals surface area contributed by atoms with E-state index in [1.54, 1.807) is 16.0 Å². The molecule has 2 N–H and O–H groups in total. The van der Waals surface area contributed by atoms with Crippen molar-refractivity contribution in [3.8, 4) is 0 Å². The van der Waals surface area contributed by atoms with Crippen molar-refractivity contribution in [2.24, 2.45) is 13.0 Å². The van der Waals surface area contributed by atoms with Crippen LogP contribution in [-0.4, -0.2) is 33.8 Å². The largest absolute Gasteiger partial charge is 0.349 e. The van der Waals surface area contributed by atoms with E-state index in [0.29, 0.717) is 12.5 Å². The smallest absolute Gasteiger partial charge is 0.225 e. The predicted octanol–water partition coefficient (Wildman–Crippen LogP) is 2.22. The fourth-order valence-electron chi connectivity index (χ4n) is 3.20.